The Balaban J connectivity index is 1.40. The zero-order valence-corrected chi connectivity index (χ0v) is 13.6. The Kier molecular flexibility index (Phi) is 5.27. The van der Waals surface area contributed by atoms with Crippen molar-refractivity contribution in [2.75, 3.05) is 31.6 Å². The molecule has 0 radical (unpaired) electrons. The number of anilines is 1. The van der Waals surface area contributed by atoms with Gasteiger partial charge >= 0.3 is 6.03 Å². The summed E-state index contributed by atoms with van der Waals surface area (Å²) in [6.45, 7) is 4.92. The van der Waals surface area contributed by atoms with Crippen LogP contribution in [0.4, 0.5) is 10.6 Å². The minimum atomic E-state index is 0.0248. The number of rotatable bonds is 4. The Morgan fingerprint density at radius 2 is 2.17 bits per heavy atom. The molecule has 2 fully saturated rings. The molecule has 3 heterocycles. The Morgan fingerprint density at radius 1 is 1.35 bits per heavy atom. The van der Waals surface area contributed by atoms with Gasteiger partial charge in [0, 0.05) is 44.0 Å². The van der Waals surface area contributed by atoms with Gasteiger partial charge in [0.2, 0.25) is 0 Å². The molecule has 2 saturated heterocycles. The number of nitrogens with one attached hydrogen (secondary N) is 2. The molecule has 0 aromatic carbocycles. The van der Waals surface area contributed by atoms with Gasteiger partial charge in [-0.25, -0.2) is 14.8 Å². The van der Waals surface area contributed by atoms with Gasteiger partial charge < -0.3 is 20.3 Å². The number of ether oxygens (including phenoxy) is 1. The van der Waals surface area contributed by atoms with E-state index < -0.39 is 0 Å². The highest BCUT2D eigenvalue weighted by Crippen LogP contribution is 2.16. The van der Waals surface area contributed by atoms with Crippen molar-refractivity contribution < 1.29 is 9.53 Å². The number of carbonyl (C=O) groups excluding carboxylic acids is 1. The number of nitrogens with zero attached hydrogens (tertiary/aromatic N) is 3. The lowest BCUT2D eigenvalue weighted by atomic mass is 10.1. The van der Waals surface area contributed by atoms with Crippen molar-refractivity contribution >= 4 is 11.8 Å². The molecule has 7 heteroatoms. The lowest BCUT2D eigenvalue weighted by molar-refractivity contribution is 0.108. The highest BCUT2D eigenvalue weighted by Gasteiger charge is 2.24. The number of aromatic nitrogens is 2. The second-order valence-corrected chi connectivity index (χ2v) is 6.27. The first kappa shape index (κ1) is 16.0. The number of amides is 2. The molecular weight excluding hydrogens is 294 g/mol. The largest absolute Gasteiger partial charge is 0.376 e. The molecule has 0 spiro atoms. The molecule has 0 saturated carbocycles. The van der Waals surface area contributed by atoms with Gasteiger partial charge in [-0.1, -0.05) is 0 Å². The molecule has 2 amide bonds. The van der Waals surface area contributed by atoms with Crippen LogP contribution < -0.4 is 10.6 Å². The van der Waals surface area contributed by atoms with Gasteiger partial charge in [0.15, 0.2) is 0 Å². The van der Waals surface area contributed by atoms with E-state index >= 15 is 0 Å². The molecule has 2 aliphatic rings. The summed E-state index contributed by atoms with van der Waals surface area (Å²) in [4.78, 5) is 22.4. The van der Waals surface area contributed by atoms with Gasteiger partial charge in [-0.15, -0.1) is 0 Å². The number of aryl methyl sites for hydroxylation is 1. The number of urea groups is 1. The Bertz CT molecular complexity index is 525. The molecule has 2 N–H and O–H groups in total. The maximum absolute atomic E-state index is 12.2. The van der Waals surface area contributed by atoms with Crippen LogP contribution in [0.15, 0.2) is 12.4 Å². The monoisotopic (exact) mass is 319 g/mol. The predicted octanol–water partition coefficient (Wildman–Crippen LogP) is 1.55. The Morgan fingerprint density at radius 3 is 2.87 bits per heavy atom. The molecular formula is C16H25N5O2. The third-order valence-electron chi connectivity index (χ3n) is 4.44. The molecule has 0 aliphatic carbocycles. The van der Waals surface area contributed by atoms with Crippen LogP contribution in [0.25, 0.3) is 0 Å². The molecule has 7 nitrogen and oxygen atoms in total. The summed E-state index contributed by atoms with van der Waals surface area (Å²) in [6.07, 6.45) is 5.77. The van der Waals surface area contributed by atoms with Crippen LogP contribution in [0.5, 0.6) is 0 Å². The minimum absolute atomic E-state index is 0.0248. The topological polar surface area (TPSA) is 79.4 Å². The standard InChI is InChI=1S/C16H25N5O2/c1-12-9-15(19-11-18-12)20-13-4-6-21(7-5-13)16(22)17-10-14-3-2-8-23-14/h9,11,13-14H,2-8,10H2,1H3,(H,17,22)(H,18,19,20). The van der Waals surface area contributed by atoms with Gasteiger partial charge in [-0.05, 0) is 32.6 Å². The first-order chi connectivity index (χ1) is 11.2. The summed E-state index contributed by atoms with van der Waals surface area (Å²) < 4.78 is 5.53. The molecule has 0 bridgehead atoms. The van der Waals surface area contributed by atoms with Crippen LogP contribution in [-0.4, -0.2) is 59.3 Å². The average molecular weight is 319 g/mol. The zero-order valence-electron chi connectivity index (χ0n) is 13.6. The van der Waals surface area contributed by atoms with Crippen molar-refractivity contribution in [1.82, 2.24) is 20.2 Å². The number of hydrogen-bond donors (Lipinski definition) is 2. The Labute approximate surface area is 136 Å². The molecule has 1 unspecified atom stereocenters. The van der Waals surface area contributed by atoms with Crippen molar-refractivity contribution in [3.63, 3.8) is 0 Å². The highest BCUT2D eigenvalue weighted by molar-refractivity contribution is 5.74. The number of piperidine rings is 1. The van der Waals surface area contributed by atoms with Crippen molar-refractivity contribution in [3.8, 4) is 0 Å². The van der Waals surface area contributed by atoms with Gasteiger partial charge in [0.05, 0.1) is 6.10 Å². The second-order valence-electron chi connectivity index (χ2n) is 6.27. The summed E-state index contributed by atoms with van der Waals surface area (Å²) in [5.74, 6) is 0.860. The fourth-order valence-electron chi connectivity index (χ4n) is 3.09. The summed E-state index contributed by atoms with van der Waals surface area (Å²) >= 11 is 0. The molecule has 126 valence electrons. The summed E-state index contributed by atoms with van der Waals surface area (Å²) in [5.41, 5.74) is 0.952. The molecule has 1 aromatic heterocycles. The molecule has 1 aromatic rings. The van der Waals surface area contributed by atoms with E-state index in [0.717, 1.165) is 56.9 Å². The fourth-order valence-corrected chi connectivity index (χ4v) is 3.09. The summed E-state index contributed by atoms with van der Waals surface area (Å²) in [5, 5.41) is 6.42. The predicted molar refractivity (Wildman–Crippen MR) is 87.4 cm³/mol. The third-order valence-corrected chi connectivity index (χ3v) is 4.44. The van der Waals surface area contributed by atoms with Crippen LogP contribution >= 0.6 is 0 Å². The van der Waals surface area contributed by atoms with E-state index in [0.29, 0.717) is 12.6 Å². The second kappa shape index (κ2) is 7.59. The minimum Gasteiger partial charge on any atom is -0.376 e. The van der Waals surface area contributed by atoms with E-state index in [4.69, 9.17) is 4.74 Å². The first-order valence-electron chi connectivity index (χ1n) is 8.40. The van der Waals surface area contributed by atoms with Crippen molar-refractivity contribution in [1.29, 1.82) is 0 Å². The maximum atomic E-state index is 12.2. The quantitative estimate of drug-likeness (QED) is 0.880. The zero-order chi connectivity index (χ0) is 16.1. The maximum Gasteiger partial charge on any atom is 0.317 e. The first-order valence-corrected chi connectivity index (χ1v) is 8.40. The smallest absolute Gasteiger partial charge is 0.317 e. The van der Waals surface area contributed by atoms with Crippen molar-refractivity contribution in [2.24, 2.45) is 0 Å². The summed E-state index contributed by atoms with van der Waals surface area (Å²) in [6, 6.07) is 2.32. The van der Waals surface area contributed by atoms with Gasteiger partial charge in [0.25, 0.3) is 0 Å². The molecule has 23 heavy (non-hydrogen) atoms. The fraction of sp³-hybridized carbons (Fsp3) is 0.688. The van der Waals surface area contributed by atoms with Crippen molar-refractivity contribution in [3.05, 3.63) is 18.1 Å². The van der Waals surface area contributed by atoms with Gasteiger partial charge in [-0.3, -0.25) is 0 Å². The van der Waals surface area contributed by atoms with Crippen LogP contribution in [0.3, 0.4) is 0 Å². The normalized spacial score (nSPS) is 22.1. The van der Waals surface area contributed by atoms with Gasteiger partial charge in [-0.2, -0.15) is 0 Å². The lowest BCUT2D eigenvalue weighted by Crippen LogP contribution is -2.48. The molecule has 3 rings (SSSR count). The van der Waals surface area contributed by atoms with Crippen LogP contribution in [0, 0.1) is 6.92 Å². The summed E-state index contributed by atoms with van der Waals surface area (Å²) in [7, 11) is 0. The number of likely N-dealkylation sites (tertiary alicyclic amines) is 1. The average Bonchev–Trinajstić information content (AvgIpc) is 3.07. The third kappa shape index (κ3) is 4.54. The van der Waals surface area contributed by atoms with E-state index in [-0.39, 0.29) is 12.1 Å². The van der Waals surface area contributed by atoms with Crippen molar-refractivity contribution in [2.45, 2.75) is 44.8 Å². The van der Waals surface area contributed by atoms with Crippen LogP contribution in [0.1, 0.15) is 31.4 Å². The van der Waals surface area contributed by atoms with Crippen LogP contribution in [-0.2, 0) is 4.74 Å². The van der Waals surface area contributed by atoms with Gasteiger partial charge in [0.1, 0.15) is 12.1 Å². The lowest BCUT2D eigenvalue weighted by Gasteiger charge is -2.32. The van der Waals surface area contributed by atoms with Crippen LogP contribution in [0.2, 0.25) is 0 Å². The molecule has 2 aliphatic heterocycles. The SMILES string of the molecule is Cc1cc(NC2CCN(C(=O)NCC3CCCO3)CC2)ncn1. The van der Waals surface area contributed by atoms with E-state index in [1.54, 1.807) is 6.33 Å². The Hall–Kier alpha value is -1.89. The van der Waals surface area contributed by atoms with E-state index in [9.17, 15) is 4.79 Å². The van der Waals surface area contributed by atoms with E-state index in [1.807, 2.05) is 17.9 Å². The number of hydrogen-bond acceptors (Lipinski definition) is 5. The number of carbonyl (C=O) groups is 1. The highest BCUT2D eigenvalue weighted by atomic mass is 16.5. The van der Waals surface area contributed by atoms with E-state index in [2.05, 4.69) is 20.6 Å². The van der Waals surface area contributed by atoms with E-state index in [1.165, 1.54) is 0 Å². The molecule has 1 atom stereocenters.